The van der Waals surface area contributed by atoms with Crippen molar-refractivity contribution in [2.75, 3.05) is 13.1 Å². The van der Waals surface area contributed by atoms with Crippen molar-refractivity contribution in [1.29, 1.82) is 0 Å². The molecule has 1 aromatic heterocycles. The van der Waals surface area contributed by atoms with E-state index in [2.05, 4.69) is 17.6 Å². The number of hydrogen-bond donors (Lipinski definition) is 2. The van der Waals surface area contributed by atoms with Gasteiger partial charge in [0, 0.05) is 18.7 Å². The quantitative estimate of drug-likeness (QED) is 0.799. The molecular weight excluding hydrogens is 308 g/mol. The summed E-state index contributed by atoms with van der Waals surface area (Å²) in [6.07, 6.45) is 0.701. The van der Waals surface area contributed by atoms with Gasteiger partial charge >= 0.3 is 0 Å². The Morgan fingerprint density at radius 3 is 2.17 bits per heavy atom. The molecule has 0 bridgehead atoms. The molecule has 0 radical (unpaired) electrons. The predicted molar refractivity (Wildman–Crippen MR) is 94.3 cm³/mol. The van der Waals surface area contributed by atoms with Crippen LogP contribution in [0.4, 0.5) is 0 Å². The van der Waals surface area contributed by atoms with Gasteiger partial charge in [-0.15, -0.1) is 11.3 Å². The van der Waals surface area contributed by atoms with E-state index in [0.717, 1.165) is 11.1 Å². The van der Waals surface area contributed by atoms with Gasteiger partial charge in [-0.2, -0.15) is 0 Å². The van der Waals surface area contributed by atoms with Crippen LogP contribution in [-0.4, -0.2) is 24.9 Å². The third-order valence-corrected chi connectivity index (χ3v) is 4.73. The Bertz CT molecular complexity index is 670. The first-order valence-electron chi connectivity index (χ1n) is 7.67. The minimum atomic E-state index is -0.0687. The van der Waals surface area contributed by atoms with E-state index in [1.165, 1.54) is 16.9 Å². The summed E-state index contributed by atoms with van der Waals surface area (Å²) in [5.41, 5.74) is 4.16. The Morgan fingerprint density at radius 2 is 1.61 bits per heavy atom. The summed E-state index contributed by atoms with van der Waals surface area (Å²) in [6.45, 7) is 7.17. The standard InChI is InChI=1S/C18H22N2O2S/c1-12-10-15(11-13(2)14(12)3)17(21)19-7-5-8-20-18(22)16-6-4-9-23-16/h4,6,9-11H,5,7-8H2,1-3H3,(H,19,21)(H,20,22). The Labute approximate surface area is 140 Å². The summed E-state index contributed by atoms with van der Waals surface area (Å²) < 4.78 is 0. The molecule has 0 saturated heterocycles. The number of amides is 2. The monoisotopic (exact) mass is 330 g/mol. The lowest BCUT2D eigenvalue weighted by atomic mass is 10.0. The van der Waals surface area contributed by atoms with Gasteiger partial charge in [0.2, 0.25) is 0 Å². The summed E-state index contributed by atoms with van der Waals surface area (Å²) in [6, 6.07) is 7.47. The van der Waals surface area contributed by atoms with Crippen LogP contribution in [0.1, 0.15) is 43.1 Å². The van der Waals surface area contributed by atoms with E-state index in [9.17, 15) is 9.59 Å². The number of benzene rings is 1. The first-order chi connectivity index (χ1) is 11.0. The Balaban J connectivity index is 1.74. The molecule has 0 atom stereocenters. The number of rotatable bonds is 6. The highest BCUT2D eigenvalue weighted by molar-refractivity contribution is 7.12. The highest BCUT2D eigenvalue weighted by Gasteiger charge is 2.09. The molecule has 0 saturated carbocycles. The van der Waals surface area contributed by atoms with Crippen molar-refractivity contribution in [1.82, 2.24) is 10.6 Å². The van der Waals surface area contributed by atoms with Crippen molar-refractivity contribution in [2.24, 2.45) is 0 Å². The maximum absolute atomic E-state index is 12.1. The van der Waals surface area contributed by atoms with Crippen molar-refractivity contribution in [3.8, 4) is 0 Å². The molecule has 0 spiro atoms. The summed E-state index contributed by atoms with van der Waals surface area (Å²) in [7, 11) is 0. The van der Waals surface area contributed by atoms with E-state index in [4.69, 9.17) is 0 Å². The fourth-order valence-electron chi connectivity index (χ4n) is 2.26. The van der Waals surface area contributed by atoms with Crippen LogP contribution in [0.15, 0.2) is 29.6 Å². The minimum Gasteiger partial charge on any atom is -0.352 e. The first kappa shape index (κ1) is 17.2. The smallest absolute Gasteiger partial charge is 0.261 e. The lowest BCUT2D eigenvalue weighted by molar-refractivity contribution is 0.0952. The number of carbonyl (C=O) groups is 2. The van der Waals surface area contributed by atoms with Gasteiger partial charge in [-0.05, 0) is 67.5 Å². The summed E-state index contributed by atoms with van der Waals surface area (Å²) in [5.74, 6) is -0.128. The first-order valence-corrected chi connectivity index (χ1v) is 8.54. The average Bonchev–Trinajstić information content (AvgIpc) is 3.05. The summed E-state index contributed by atoms with van der Waals surface area (Å²) in [5, 5.41) is 7.61. The molecular formula is C18H22N2O2S. The zero-order valence-corrected chi connectivity index (χ0v) is 14.5. The third kappa shape index (κ3) is 4.66. The van der Waals surface area contributed by atoms with E-state index in [1.807, 2.05) is 37.4 Å². The van der Waals surface area contributed by atoms with E-state index < -0.39 is 0 Å². The van der Waals surface area contributed by atoms with Gasteiger partial charge < -0.3 is 10.6 Å². The van der Waals surface area contributed by atoms with Crippen molar-refractivity contribution in [2.45, 2.75) is 27.2 Å². The van der Waals surface area contributed by atoms with Crippen LogP contribution < -0.4 is 10.6 Å². The zero-order valence-electron chi connectivity index (χ0n) is 13.7. The lowest BCUT2D eigenvalue weighted by Gasteiger charge is -2.10. The average molecular weight is 330 g/mol. The van der Waals surface area contributed by atoms with E-state index in [1.54, 1.807) is 6.07 Å². The lowest BCUT2D eigenvalue weighted by Crippen LogP contribution is -2.29. The summed E-state index contributed by atoms with van der Waals surface area (Å²) >= 11 is 1.42. The maximum atomic E-state index is 12.1. The maximum Gasteiger partial charge on any atom is 0.261 e. The Hall–Kier alpha value is -2.14. The molecule has 2 amide bonds. The molecule has 0 fully saturated rings. The van der Waals surface area contributed by atoms with Gasteiger partial charge in [-0.25, -0.2) is 0 Å². The minimum absolute atomic E-state index is 0.0592. The Kier molecular flexibility index (Phi) is 5.93. The van der Waals surface area contributed by atoms with Gasteiger partial charge in [-0.3, -0.25) is 9.59 Å². The number of thiophene rings is 1. The van der Waals surface area contributed by atoms with Gasteiger partial charge in [-0.1, -0.05) is 6.07 Å². The van der Waals surface area contributed by atoms with E-state index >= 15 is 0 Å². The highest BCUT2D eigenvalue weighted by atomic mass is 32.1. The molecule has 1 heterocycles. The molecule has 5 heteroatoms. The highest BCUT2D eigenvalue weighted by Crippen LogP contribution is 2.15. The van der Waals surface area contributed by atoms with Crippen molar-refractivity contribution in [3.63, 3.8) is 0 Å². The van der Waals surface area contributed by atoms with Crippen molar-refractivity contribution < 1.29 is 9.59 Å². The van der Waals surface area contributed by atoms with Gasteiger partial charge in [0.1, 0.15) is 0 Å². The van der Waals surface area contributed by atoms with Gasteiger partial charge in [0.05, 0.1) is 4.88 Å². The topological polar surface area (TPSA) is 58.2 Å². The molecule has 2 N–H and O–H groups in total. The van der Waals surface area contributed by atoms with Crippen molar-refractivity contribution >= 4 is 23.2 Å². The van der Waals surface area contributed by atoms with Crippen molar-refractivity contribution in [3.05, 3.63) is 56.8 Å². The van der Waals surface area contributed by atoms with Crippen LogP contribution in [0, 0.1) is 20.8 Å². The molecule has 4 nitrogen and oxygen atoms in total. The van der Waals surface area contributed by atoms with Crippen LogP contribution in [0.2, 0.25) is 0 Å². The summed E-state index contributed by atoms with van der Waals surface area (Å²) in [4.78, 5) is 24.6. The zero-order chi connectivity index (χ0) is 16.8. The number of aryl methyl sites for hydroxylation is 2. The number of nitrogens with one attached hydrogen (secondary N) is 2. The van der Waals surface area contributed by atoms with E-state index in [0.29, 0.717) is 30.0 Å². The molecule has 23 heavy (non-hydrogen) atoms. The molecule has 122 valence electrons. The Morgan fingerprint density at radius 1 is 1.00 bits per heavy atom. The molecule has 2 aromatic rings. The van der Waals surface area contributed by atoms with Crippen LogP contribution in [0.3, 0.4) is 0 Å². The van der Waals surface area contributed by atoms with Crippen LogP contribution in [-0.2, 0) is 0 Å². The molecule has 0 aliphatic rings. The fraction of sp³-hybridized carbons (Fsp3) is 0.333. The van der Waals surface area contributed by atoms with Gasteiger partial charge in [0.15, 0.2) is 0 Å². The normalized spacial score (nSPS) is 10.4. The largest absolute Gasteiger partial charge is 0.352 e. The second kappa shape index (κ2) is 7.92. The molecule has 0 unspecified atom stereocenters. The number of carbonyl (C=O) groups excluding carboxylic acids is 2. The third-order valence-electron chi connectivity index (χ3n) is 3.86. The molecule has 2 rings (SSSR count). The molecule has 1 aromatic carbocycles. The van der Waals surface area contributed by atoms with Gasteiger partial charge in [0.25, 0.3) is 11.8 Å². The SMILES string of the molecule is Cc1cc(C(=O)NCCCNC(=O)c2cccs2)cc(C)c1C. The fourth-order valence-corrected chi connectivity index (χ4v) is 2.90. The van der Waals surface area contributed by atoms with Crippen LogP contribution in [0.25, 0.3) is 0 Å². The molecule has 0 aliphatic heterocycles. The second-order valence-electron chi connectivity index (χ2n) is 5.58. The van der Waals surface area contributed by atoms with Crippen LogP contribution in [0.5, 0.6) is 0 Å². The second-order valence-corrected chi connectivity index (χ2v) is 6.53. The predicted octanol–water partition coefficient (Wildman–Crippen LogP) is 3.22. The number of hydrogen-bond acceptors (Lipinski definition) is 3. The van der Waals surface area contributed by atoms with Crippen LogP contribution >= 0.6 is 11.3 Å². The van der Waals surface area contributed by atoms with E-state index in [-0.39, 0.29) is 11.8 Å². The molecule has 0 aliphatic carbocycles.